The highest BCUT2D eigenvalue weighted by molar-refractivity contribution is 6.03. The van der Waals surface area contributed by atoms with Crippen molar-refractivity contribution in [1.29, 1.82) is 0 Å². The van der Waals surface area contributed by atoms with Crippen LogP contribution in [0, 0.1) is 11.8 Å². The van der Waals surface area contributed by atoms with Crippen LogP contribution in [0.15, 0.2) is 73.8 Å². The van der Waals surface area contributed by atoms with E-state index in [1.54, 1.807) is 33.2 Å². The number of carbonyl (C=O) groups excluding carboxylic acids is 3. The minimum Gasteiger partial charge on any atom is -0.497 e. The molecular formula is C37H44N4O6. The van der Waals surface area contributed by atoms with E-state index in [1.807, 2.05) is 55.5 Å². The van der Waals surface area contributed by atoms with Crippen molar-refractivity contribution in [2.45, 2.75) is 70.1 Å². The van der Waals surface area contributed by atoms with Gasteiger partial charge in [0, 0.05) is 36.6 Å². The Hall–Kier alpha value is -4.73. The smallest absolute Gasteiger partial charge is 0.333 e. The van der Waals surface area contributed by atoms with Gasteiger partial charge in [0.2, 0.25) is 11.8 Å². The predicted molar refractivity (Wildman–Crippen MR) is 180 cm³/mol. The van der Waals surface area contributed by atoms with Gasteiger partial charge in [-0.15, -0.1) is 13.2 Å². The molecule has 5 rings (SSSR count). The van der Waals surface area contributed by atoms with Crippen LogP contribution in [0.1, 0.15) is 52.4 Å². The number of hydrogen-bond donors (Lipinski definition) is 0. The molecule has 2 saturated carbocycles. The van der Waals surface area contributed by atoms with Crippen molar-refractivity contribution in [2.75, 3.05) is 20.8 Å². The second-order valence-corrected chi connectivity index (χ2v) is 12.3. The number of hydrogen-bond acceptors (Lipinski definition) is 8. The van der Waals surface area contributed by atoms with Crippen LogP contribution in [-0.2, 0) is 14.3 Å². The van der Waals surface area contributed by atoms with Crippen LogP contribution >= 0.6 is 0 Å². The first kappa shape index (κ1) is 33.6. The van der Waals surface area contributed by atoms with E-state index in [9.17, 15) is 14.4 Å². The van der Waals surface area contributed by atoms with Crippen LogP contribution < -0.4 is 9.47 Å². The number of esters is 1. The van der Waals surface area contributed by atoms with Gasteiger partial charge >= 0.3 is 12.0 Å². The van der Waals surface area contributed by atoms with Gasteiger partial charge in [-0.05, 0) is 64.5 Å². The molecule has 1 heterocycles. The number of urea groups is 1. The zero-order valence-corrected chi connectivity index (χ0v) is 27.7. The second kappa shape index (κ2) is 14.4. The summed E-state index contributed by atoms with van der Waals surface area (Å²) in [5.41, 5.74) is 0.0986. The van der Waals surface area contributed by atoms with E-state index < -0.39 is 29.4 Å². The molecule has 10 nitrogen and oxygen atoms in total. The maximum atomic E-state index is 14.4. The van der Waals surface area contributed by atoms with Gasteiger partial charge in [-0.1, -0.05) is 42.5 Å². The van der Waals surface area contributed by atoms with Crippen molar-refractivity contribution in [3.8, 4) is 23.0 Å². The van der Waals surface area contributed by atoms with E-state index in [0.717, 1.165) is 10.9 Å². The van der Waals surface area contributed by atoms with E-state index >= 15 is 0 Å². The third-order valence-corrected chi connectivity index (χ3v) is 9.37. The molecular weight excluding hydrogens is 596 g/mol. The molecule has 5 unspecified atom stereocenters. The largest absolute Gasteiger partial charge is 0.497 e. The number of imide groups is 1. The maximum Gasteiger partial charge on any atom is 0.333 e. The average Bonchev–Trinajstić information content (AvgIpc) is 3.65. The van der Waals surface area contributed by atoms with Gasteiger partial charge in [-0.25, -0.2) is 19.5 Å². The van der Waals surface area contributed by atoms with E-state index in [1.165, 1.54) is 9.80 Å². The lowest BCUT2D eigenvalue weighted by Crippen LogP contribution is -2.58. The summed E-state index contributed by atoms with van der Waals surface area (Å²) < 4.78 is 17.4. The van der Waals surface area contributed by atoms with Crippen LogP contribution in [0.3, 0.4) is 0 Å². The summed E-state index contributed by atoms with van der Waals surface area (Å²) in [6.45, 7) is 11.4. The fraction of sp³-hybridized carbons (Fsp3) is 0.432. The fourth-order valence-corrected chi connectivity index (χ4v) is 6.38. The zero-order chi connectivity index (χ0) is 33.7. The molecule has 0 spiro atoms. The van der Waals surface area contributed by atoms with Gasteiger partial charge in [0.25, 0.3) is 0 Å². The van der Waals surface area contributed by atoms with Gasteiger partial charge in [-0.2, -0.15) is 4.98 Å². The lowest BCUT2D eigenvalue weighted by Gasteiger charge is -2.36. The molecule has 0 N–H and O–H groups in total. The number of amides is 3. The summed E-state index contributed by atoms with van der Waals surface area (Å²) in [6, 6.07) is 14.5. The van der Waals surface area contributed by atoms with E-state index in [-0.39, 0.29) is 31.1 Å². The molecule has 2 aromatic carbocycles. The Balaban J connectivity index is 1.43. The quantitative estimate of drug-likeness (QED) is 0.152. The van der Waals surface area contributed by atoms with Crippen molar-refractivity contribution in [2.24, 2.45) is 11.8 Å². The summed E-state index contributed by atoms with van der Waals surface area (Å²) in [4.78, 5) is 54.3. The number of carbonyl (C=O) groups is 3. The molecule has 0 saturated heterocycles. The second-order valence-electron chi connectivity index (χ2n) is 12.3. The number of ether oxygens (including phenoxy) is 3. The Bertz CT molecular complexity index is 1640. The highest BCUT2D eigenvalue weighted by Crippen LogP contribution is 2.52. The first-order valence-electron chi connectivity index (χ1n) is 16.3. The number of rotatable bonds is 13. The van der Waals surface area contributed by atoms with Crippen LogP contribution in [0.5, 0.6) is 11.6 Å². The molecule has 10 heteroatoms. The molecule has 0 bridgehead atoms. The lowest BCUT2D eigenvalue weighted by atomic mass is 10.0. The van der Waals surface area contributed by atoms with Crippen LogP contribution in [-0.4, -0.2) is 76.1 Å². The normalized spacial score (nSPS) is 22.2. The van der Waals surface area contributed by atoms with Gasteiger partial charge in [0.1, 0.15) is 11.9 Å². The van der Waals surface area contributed by atoms with Crippen molar-refractivity contribution >= 4 is 28.8 Å². The summed E-state index contributed by atoms with van der Waals surface area (Å²) in [6.07, 6.45) is 6.17. The Morgan fingerprint density at radius 1 is 1.11 bits per heavy atom. The van der Waals surface area contributed by atoms with Crippen LogP contribution in [0.2, 0.25) is 0 Å². The van der Waals surface area contributed by atoms with Gasteiger partial charge in [0.15, 0.2) is 11.4 Å². The number of allylic oxidation sites excluding steroid dienone is 1. The Labute approximate surface area is 276 Å². The van der Waals surface area contributed by atoms with Crippen molar-refractivity contribution < 1.29 is 28.6 Å². The van der Waals surface area contributed by atoms with Gasteiger partial charge < -0.3 is 19.1 Å². The topological polar surface area (TPSA) is 111 Å². The van der Waals surface area contributed by atoms with Crippen molar-refractivity contribution in [1.82, 2.24) is 19.8 Å². The van der Waals surface area contributed by atoms with Gasteiger partial charge in [-0.3, -0.25) is 4.79 Å². The molecule has 2 aliphatic carbocycles. The fourth-order valence-electron chi connectivity index (χ4n) is 6.38. The SMILES string of the molecule is C=CCCC(C)N(C)C(=O)N(C(=O)C1CCC(Oc2nc(-c3ccccc3)nc3cc(OC)ccc23)C1)C1(C(=O)OCC)CC1C=C. The highest BCUT2D eigenvalue weighted by atomic mass is 16.5. The minimum absolute atomic E-state index is 0.134. The monoisotopic (exact) mass is 640 g/mol. The highest BCUT2D eigenvalue weighted by Gasteiger charge is 2.68. The zero-order valence-electron chi connectivity index (χ0n) is 27.7. The Morgan fingerprint density at radius 2 is 1.87 bits per heavy atom. The summed E-state index contributed by atoms with van der Waals surface area (Å²) in [5, 5.41) is 0.722. The summed E-state index contributed by atoms with van der Waals surface area (Å²) in [5.74, 6) is -0.326. The number of nitrogens with zero attached hydrogens (tertiary/aromatic N) is 4. The molecule has 248 valence electrons. The van der Waals surface area contributed by atoms with Crippen molar-refractivity contribution in [3.63, 3.8) is 0 Å². The molecule has 3 aromatic rings. The number of benzene rings is 2. The molecule has 2 fully saturated rings. The number of methoxy groups -OCH3 is 1. The Kier molecular flexibility index (Phi) is 10.3. The number of fused-ring (bicyclic) bond motifs is 1. The first-order valence-corrected chi connectivity index (χ1v) is 16.3. The van der Waals surface area contributed by atoms with Gasteiger partial charge in [0.05, 0.1) is 24.6 Å². The summed E-state index contributed by atoms with van der Waals surface area (Å²) >= 11 is 0. The van der Waals surface area contributed by atoms with Crippen LogP contribution in [0.4, 0.5) is 4.79 Å². The molecule has 3 amide bonds. The van der Waals surface area contributed by atoms with E-state index in [4.69, 9.17) is 24.2 Å². The maximum absolute atomic E-state index is 14.4. The minimum atomic E-state index is -1.41. The lowest BCUT2D eigenvalue weighted by molar-refractivity contribution is -0.156. The third-order valence-electron chi connectivity index (χ3n) is 9.37. The van der Waals surface area contributed by atoms with Crippen LogP contribution in [0.25, 0.3) is 22.3 Å². The summed E-state index contributed by atoms with van der Waals surface area (Å²) in [7, 11) is 3.27. The average molecular weight is 641 g/mol. The molecule has 0 aliphatic heterocycles. The first-order chi connectivity index (χ1) is 22.7. The predicted octanol–water partition coefficient (Wildman–Crippen LogP) is 6.60. The molecule has 1 aromatic heterocycles. The molecule has 5 atom stereocenters. The molecule has 47 heavy (non-hydrogen) atoms. The third kappa shape index (κ3) is 6.73. The Morgan fingerprint density at radius 3 is 2.53 bits per heavy atom. The van der Waals surface area contributed by atoms with Crippen molar-refractivity contribution in [3.05, 3.63) is 73.8 Å². The number of aromatic nitrogens is 2. The van der Waals surface area contributed by atoms with E-state index in [2.05, 4.69) is 13.2 Å². The van der Waals surface area contributed by atoms with E-state index in [0.29, 0.717) is 55.1 Å². The molecule has 0 radical (unpaired) electrons. The molecule has 2 aliphatic rings. The standard InChI is InChI=1S/C37H44N4O6/c1-7-10-14-24(4)40(5)36(44)41(37(23-27(37)8-2)35(43)46-9-3)34(42)26-17-18-29(21-26)47-33-30-20-19-28(45-6)22-31(30)38-32(39-33)25-15-12-11-13-16-25/h7-8,11-13,15-16,19-20,22,24,26-27,29H,1-2,9-10,14,17-18,21,23H2,3-6H3.